The fraction of sp³-hybridized carbons (Fsp3) is 0.552. The topological polar surface area (TPSA) is 101 Å². The highest BCUT2D eigenvalue weighted by Crippen LogP contribution is 2.45. The Morgan fingerprint density at radius 2 is 1.90 bits per heavy atom. The third-order valence-electron chi connectivity index (χ3n) is 7.59. The zero-order valence-corrected chi connectivity index (χ0v) is 23.8. The van der Waals surface area contributed by atoms with Crippen molar-refractivity contribution < 1.29 is 23.5 Å². The second-order valence-corrected chi connectivity index (χ2v) is 11.4. The number of hydrogen-bond acceptors (Lipinski definition) is 8. The van der Waals surface area contributed by atoms with E-state index in [1.165, 1.54) is 10.9 Å². The van der Waals surface area contributed by atoms with E-state index >= 15 is 0 Å². The number of piperazine rings is 1. The van der Waals surface area contributed by atoms with Crippen LogP contribution >= 0.6 is 0 Å². The number of piperidine rings is 1. The number of carbonyl (C=O) groups is 1. The Labute approximate surface area is 234 Å². The summed E-state index contributed by atoms with van der Waals surface area (Å²) in [5, 5.41) is 3.95. The van der Waals surface area contributed by atoms with Crippen molar-refractivity contribution in [1.29, 1.82) is 0 Å². The van der Waals surface area contributed by atoms with E-state index in [0.717, 1.165) is 24.6 Å². The van der Waals surface area contributed by atoms with Crippen molar-refractivity contribution in [3.8, 4) is 5.82 Å². The molecular weight excluding hydrogens is 515 g/mol. The number of amides is 1. The van der Waals surface area contributed by atoms with Gasteiger partial charge >= 0.3 is 6.09 Å². The lowest BCUT2D eigenvalue weighted by atomic mass is 9.79. The minimum Gasteiger partial charge on any atom is -0.444 e. The molecule has 0 saturated carbocycles. The van der Waals surface area contributed by atoms with Gasteiger partial charge in [0.1, 0.15) is 28.9 Å². The van der Waals surface area contributed by atoms with E-state index in [9.17, 15) is 18.8 Å². The van der Waals surface area contributed by atoms with Gasteiger partial charge in [-0.1, -0.05) is 19.4 Å². The molecule has 10 nitrogen and oxygen atoms in total. The van der Waals surface area contributed by atoms with Crippen molar-refractivity contribution in [2.75, 3.05) is 26.2 Å². The molecule has 2 fully saturated rings. The molecule has 2 aromatic rings. The van der Waals surface area contributed by atoms with Gasteiger partial charge < -0.3 is 19.4 Å². The largest absolute Gasteiger partial charge is 0.444 e. The summed E-state index contributed by atoms with van der Waals surface area (Å²) in [6, 6.07) is 3.25. The molecule has 0 N–H and O–H groups in total. The normalized spacial score (nSPS) is 18.0. The molecule has 2 saturated heterocycles. The predicted molar refractivity (Wildman–Crippen MR) is 146 cm³/mol. The van der Waals surface area contributed by atoms with Crippen LogP contribution in [0.3, 0.4) is 0 Å². The summed E-state index contributed by atoms with van der Waals surface area (Å²) < 4.78 is 20.3. The van der Waals surface area contributed by atoms with Crippen molar-refractivity contribution in [2.24, 2.45) is 0 Å². The molecular formula is C29H37FN6O4. The average molecular weight is 553 g/mol. The summed E-state index contributed by atoms with van der Waals surface area (Å²) in [5.74, 6) is 4.38. The van der Waals surface area contributed by atoms with Crippen LogP contribution in [0, 0.1) is 5.82 Å². The van der Waals surface area contributed by atoms with Crippen LogP contribution in [0.1, 0.15) is 71.9 Å². The van der Waals surface area contributed by atoms with E-state index in [2.05, 4.69) is 28.9 Å². The summed E-state index contributed by atoms with van der Waals surface area (Å²) in [4.78, 5) is 47.8. The second kappa shape index (κ2) is 11.7. The van der Waals surface area contributed by atoms with Crippen molar-refractivity contribution in [2.45, 2.75) is 77.5 Å². The van der Waals surface area contributed by atoms with Gasteiger partial charge in [-0.05, 0) is 58.6 Å². The molecule has 214 valence electrons. The summed E-state index contributed by atoms with van der Waals surface area (Å²) in [6.45, 7) is 11.0. The van der Waals surface area contributed by atoms with E-state index in [1.807, 2.05) is 43.6 Å². The molecule has 1 atom stereocenters. The molecule has 1 unspecified atom stereocenters. The van der Waals surface area contributed by atoms with Gasteiger partial charge in [-0.3, -0.25) is 0 Å². The number of aromatic nitrogens is 3. The first kappa shape index (κ1) is 29.1. The highest BCUT2D eigenvalue weighted by atomic mass is 19.1. The van der Waals surface area contributed by atoms with Crippen LogP contribution < -0.4 is 0 Å². The van der Waals surface area contributed by atoms with Crippen LogP contribution in [-0.2, 0) is 14.3 Å². The van der Waals surface area contributed by atoms with Crippen LogP contribution in [0.2, 0.25) is 0 Å². The first-order chi connectivity index (χ1) is 19.0. The highest BCUT2D eigenvalue weighted by Gasteiger charge is 2.52. The van der Waals surface area contributed by atoms with Gasteiger partial charge in [0, 0.05) is 25.8 Å². The smallest absolute Gasteiger partial charge is 0.410 e. The third kappa shape index (κ3) is 5.81. The molecule has 0 aliphatic carbocycles. The fourth-order valence-electron chi connectivity index (χ4n) is 5.49. The van der Waals surface area contributed by atoms with Crippen LogP contribution in [0.15, 0.2) is 42.1 Å². The first-order valence-electron chi connectivity index (χ1n) is 13.7. The second-order valence-electron chi connectivity index (χ2n) is 11.4. The van der Waals surface area contributed by atoms with E-state index < -0.39 is 23.1 Å². The van der Waals surface area contributed by atoms with Crippen LogP contribution in [0.5, 0.6) is 0 Å². The van der Waals surface area contributed by atoms with Gasteiger partial charge in [-0.2, -0.15) is 5.10 Å². The van der Waals surface area contributed by atoms with Crippen molar-refractivity contribution in [3.05, 3.63) is 53.5 Å². The van der Waals surface area contributed by atoms with Gasteiger partial charge in [0.05, 0.1) is 30.5 Å². The van der Waals surface area contributed by atoms with Gasteiger partial charge in [0.15, 0.2) is 11.6 Å². The van der Waals surface area contributed by atoms with E-state index in [0.29, 0.717) is 49.7 Å². The Morgan fingerprint density at radius 3 is 2.42 bits per heavy atom. The van der Waals surface area contributed by atoms with Gasteiger partial charge in [-0.25, -0.2) is 28.4 Å². The Bertz CT molecular complexity index is 1310. The minimum atomic E-state index is -0.811. The maximum Gasteiger partial charge on any atom is 0.410 e. The monoisotopic (exact) mass is 552 g/mol. The quantitative estimate of drug-likeness (QED) is 0.494. The molecule has 1 spiro atoms. The van der Waals surface area contributed by atoms with E-state index in [-0.39, 0.29) is 12.6 Å². The molecule has 0 bridgehead atoms. The minimum absolute atomic E-state index is 0.197. The Kier molecular flexibility index (Phi) is 8.47. The lowest BCUT2D eigenvalue weighted by molar-refractivity contribution is -0.00815. The molecule has 2 aliphatic rings. The van der Waals surface area contributed by atoms with Crippen molar-refractivity contribution >= 4 is 18.0 Å². The molecule has 4 heterocycles. The lowest BCUT2D eigenvalue weighted by Crippen LogP contribution is -2.64. The maximum atomic E-state index is 13.4. The number of rotatable bonds is 6. The summed E-state index contributed by atoms with van der Waals surface area (Å²) in [6.07, 6.45) is 6.25. The predicted octanol–water partition coefficient (Wildman–Crippen LogP) is 4.09. The fourth-order valence-corrected chi connectivity index (χ4v) is 5.49. The van der Waals surface area contributed by atoms with Crippen molar-refractivity contribution in [3.63, 3.8) is 0 Å². The molecule has 1 amide bonds. The maximum absolute atomic E-state index is 13.4. The summed E-state index contributed by atoms with van der Waals surface area (Å²) in [5.41, 5.74) is 0.304. The Hall–Kier alpha value is -3.94. The number of unbranched alkanes of at least 4 members (excludes halogenated alkanes) is 1. The van der Waals surface area contributed by atoms with Crippen LogP contribution in [0.25, 0.3) is 5.82 Å². The molecule has 40 heavy (non-hydrogen) atoms. The number of pyridine rings is 1. The molecule has 2 aliphatic heterocycles. The Balaban J connectivity index is 1.65. The first-order valence-corrected chi connectivity index (χ1v) is 13.7. The number of hydrogen-bond donors (Lipinski definition) is 0. The number of carbonyl (C=O) groups excluding carboxylic acids is 3. The average Bonchev–Trinajstić information content (AvgIpc) is 3.37. The molecule has 11 heteroatoms. The van der Waals surface area contributed by atoms with Gasteiger partial charge in [0.25, 0.3) is 0 Å². The zero-order chi connectivity index (χ0) is 29.1. The summed E-state index contributed by atoms with van der Waals surface area (Å²) >= 11 is 0. The lowest BCUT2D eigenvalue weighted by Gasteiger charge is -2.56. The molecule has 0 radical (unpaired) electrons. The van der Waals surface area contributed by atoms with E-state index in [4.69, 9.17) is 4.74 Å². The Morgan fingerprint density at radius 1 is 1.18 bits per heavy atom. The van der Waals surface area contributed by atoms with E-state index in [1.54, 1.807) is 17.2 Å². The van der Waals surface area contributed by atoms with Crippen LogP contribution in [0.4, 0.5) is 9.18 Å². The number of likely N-dealkylation sites (tertiary alicyclic amines) is 1. The number of nitrogens with zero attached hydrogens (tertiary/aromatic N) is 6. The number of ether oxygens (including phenoxy) is 1. The molecule has 2 aromatic heterocycles. The van der Waals surface area contributed by atoms with Crippen LogP contribution in [-0.4, -0.2) is 84.8 Å². The molecule has 4 rings (SSSR count). The third-order valence-corrected chi connectivity index (χ3v) is 7.59. The van der Waals surface area contributed by atoms with Gasteiger partial charge in [-0.15, -0.1) is 0 Å². The molecule has 0 aromatic carbocycles. The summed E-state index contributed by atoms with van der Waals surface area (Å²) in [7, 11) is 0. The standard InChI is InChI=1S/C29H37FN6O4/c1-6-7-12-35-24(19-37)18-34(21(2)22-8-9-26(31-15-22)36-17-23(30)16-32-36)25(20-38)29(35)10-13-33(14-11-29)27(39)40-28(3,4)5/h8-9,15-17,21H,6-7,10-14,18H2,1-5H3. The highest BCUT2D eigenvalue weighted by molar-refractivity contribution is 5.69. The number of halogens is 1. The van der Waals surface area contributed by atoms with Gasteiger partial charge in [0.2, 0.25) is 0 Å². The zero-order valence-electron chi connectivity index (χ0n) is 23.8. The SMILES string of the molecule is CCCCN1C(=C=O)CN(C(C)c2ccc(-n3cc(F)cn3)nc2)C(=C=O)C12CCN(C(=O)OC(C)(C)C)CC2. The van der Waals surface area contributed by atoms with Crippen molar-refractivity contribution in [1.82, 2.24) is 29.5 Å².